The number of nitrogens with one attached hydrogen (secondary N) is 1. The lowest BCUT2D eigenvalue weighted by Gasteiger charge is -2.24. The second kappa shape index (κ2) is 4.97. The van der Waals surface area contributed by atoms with Crippen LogP contribution in [0, 0.1) is 13.8 Å². The highest BCUT2D eigenvalue weighted by Gasteiger charge is 2.39. The van der Waals surface area contributed by atoms with Crippen LogP contribution in [0.5, 0.6) is 0 Å². The predicted octanol–water partition coefficient (Wildman–Crippen LogP) is -0.758. The van der Waals surface area contributed by atoms with E-state index in [1.807, 2.05) is 5.32 Å². The van der Waals surface area contributed by atoms with Gasteiger partial charge in [-0.25, -0.2) is 13.2 Å². The molecule has 2 rings (SSSR count). The molecule has 2 N–H and O–H groups in total. The smallest absolute Gasteiger partial charge is 0.340 e. The molecule has 0 aromatic carbocycles. The quantitative estimate of drug-likeness (QED) is 0.700. The number of piperazine rings is 1. The minimum absolute atomic E-state index is 0.0636. The molecule has 1 fully saturated rings. The van der Waals surface area contributed by atoms with Crippen molar-refractivity contribution in [1.82, 2.24) is 9.62 Å². The van der Waals surface area contributed by atoms with Crippen molar-refractivity contribution in [2.75, 3.05) is 13.1 Å². The maximum Gasteiger partial charge on any atom is 0.340 e. The largest absolute Gasteiger partial charge is 0.478 e. The number of amides is 2. The van der Waals surface area contributed by atoms with Crippen LogP contribution in [0.15, 0.2) is 9.31 Å². The lowest BCUT2D eigenvalue weighted by Crippen LogP contribution is -2.53. The van der Waals surface area contributed by atoms with Crippen LogP contribution >= 0.6 is 0 Å². The average Bonchev–Trinajstić information content (AvgIpc) is 2.63. The Morgan fingerprint density at radius 3 is 2.19 bits per heavy atom. The molecule has 114 valence electrons. The van der Waals surface area contributed by atoms with Gasteiger partial charge in [-0.3, -0.25) is 14.9 Å². The van der Waals surface area contributed by atoms with Crippen LogP contribution in [-0.2, 0) is 19.6 Å². The third-order valence-electron chi connectivity index (χ3n) is 2.94. The average molecular weight is 316 g/mol. The van der Waals surface area contributed by atoms with Crippen LogP contribution in [0.1, 0.15) is 21.9 Å². The third kappa shape index (κ3) is 2.54. The molecule has 1 aliphatic heterocycles. The van der Waals surface area contributed by atoms with E-state index in [2.05, 4.69) is 0 Å². The summed E-state index contributed by atoms with van der Waals surface area (Å²) < 4.78 is 30.7. The first-order valence-electron chi connectivity index (χ1n) is 5.80. The summed E-state index contributed by atoms with van der Waals surface area (Å²) >= 11 is 0. The number of furan rings is 1. The Morgan fingerprint density at radius 2 is 1.71 bits per heavy atom. The summed E-state index contributed by atoms with van der Waals surface area (Å²) in [6.07, 6.45) is 0. The highest BCUT2D eigenvalue weighted by molar-refractivity contribution is 7.89. The summed E-state index contributed by atoms with van der Waals surface area (Å²) in [5.74, 6) is -3.18. The van der Waals surface area contributed by atoms with Crippen molar-refractivity contribution < 1.29 is 32.3 Å². The maximum absolute atomic E-state index is 12.5. The van der Waals surface area contributed by atoms with E-state index in [0.717, 1.165) is 0 Å². The lowest BCUT2D eigenvalue weighted by atomic mass is 10.2. The summed E-state index contributed by atoms with van der Waals surface area (Å²) in [6, 6.07) is 0. The number of carbonyl (C=O) groups is 3. The Morgan fingerprint density at radius 1 is 1.19 bits per heavy atom. The van der Waals surface area contributed by atoms with Crippen molar-refractivity contribution in [3.8, 4) is 0 Å². The molecule has 10 heteroatoms. The highest BCUT2D eigenvalue weighted by atomic mass is 32.2. The van der Waals surface area contributed by atoms with E-state index in [1.165, 1.54) is 13.8 Å². The summed E-state index contributed by atoms with van der Waals surface area (Å²) in [7, 11) is -4.34. The molecule has 1 aromatic rings. The van der Waals surface area contributed by atoms with Crippen molar-refractivity contribution in [1.29, 1.82) is 0 Å². The lowest BCUT2D eigenvalue weighted by molar-refractivity contribution is -0.134. The first kappa shape index (κ1) is 15.2. The molecule has 0 unspecified atom stereocenters. The number of nitrogens with zero attached hydrogens (tertiary/aromatic N) is 1. The van der Waals surface area contributed by atoms with Crippen LogP contribution in [0.2, 0.25) is 0 Å². The molecule has 0 bridgehead atoms. The molecule has 9 nitrogen and oxygen atoms in total. The number of hydrogen-bond acceptors (Lipinski definition) is 6. The molecular weight excluding hydrogens is 304 g/mol. The van der Waals surface area contributed by atoms with Gasteiger partial charge >= 0.3 is 5.97 Å². The van der Waals surface area contributed by atoms with Gasteiger partial charge in [-0.05, 0) is 13.8 Å². The molecule has 1 aromatic heterocycles. The van der Waals surface area contributed by atoms with Crippen LogP contribution in [-0.4, -0.2) is 48.7 Å². The van der Waals surface area contributed by atoms with Crippen LogP contribution in [0.25, 0.3) is 0 Å². The fourth-order valence-corrected chi connectivity index (χ4v) is 3.86. The zero-order valence-electron chi connectivity index (χ0n) is 11.2. The molecule has 1 saturated heterocycles. The Balaban J connectivity index is 2.57. The molecule has 2 amide bonds. The molecule has 0 atom stereocenters. The number of rotatable bonds is 3. The zero-order valence-corrected chi connectivity index (χ0v) is 12.0. The fraction of sp³-hybridized carbons (Fsp3) is 0.364. The van der Waals surface area contributed by atoms with Gasteiger partial charge in [0.2, 0.25) is 21.8 Å². The highest BCUT2D eigenvalue weighted by Crippen LogP contribution is 2.29. The Hall–Kier alpha value is -2.20. The monoisotopic (exact) mass is 316 g/mol. The number of carbonyl (C=O) groups excluding carboxylic acids is 2. The van der Waals surface area contributed by atoms with Gasteiger partial charge in [-0.2, -0.15) is 4.31 Å². The molecule has 0 spiro atoms. The van der Waals surface area contributed by atoms with Gasteiger partial charge in [0.25, 0.3) is 0 Å². The summed E-state index contributed by atoms with van der Waals surface area (Å²) in [4.78, 5) is 33.3. The van der Waals surface area contributed by atoms with Gasteiger partial charge < -0.3 is 9.52 Å². The molecule has 0 saturated carbocycles. The number of imide groups is 1. The molecule has 0 radical (unpaired) electrons. The molecule has 0 aliphatic carbocycles. The van der Waals surface area contributed by atoms with Gasteiger partial charge in [0.05, 0.1) is 13.1 Å². The van der Waals surface area contributed by atoms with E-state index in [4.69, 9.17) is 9.52 Å². The molecule has 1 aliphatic rings. The summed E-state index contributed by atoms with van der Waals surface area (Å²) in [5.41, 5.74) is -0.495. The standard InChI is InChI=1S/C11H12N2O7S/c1-5-9(11(16)17)10(6(2)20-5)21(18,19)13-3-7(14)12-8(15)4-13/h3-4H2,1-2H3,(H,16,17)(H,12,14,15). The first-order chi connectivity index (χ1) is 9.64. The van der Waals surface area contributed by atoms with Crippen LogP contribution in [0.4, 0.5) is 0 Å². The van der Waals surface area contributed by atoms with Gasteiger partial charge in [0.1, 0.15) is 22.0 Å². The second-order valence-electron chi connectivity index (χ2n) is 4.47. The van der Waals surface area contributed by atoms with E-state index in [1.54, 1.807) is 0 Å². The van der Waals surface area contributed by atoms with Gasteiger partial charge in [-0.15, -0.1) is 0 Å². The SMILES string of the molecule is Cc1oc(C)c(S(=O)(=O)N2CC(=O)NC(=O)C2)c1C(=O)O. The predicted molar refractivity (Wildman–Crippen MR) is 67.0 cm³/mol. The minimum Gasteiger partial charge on any atom is -0.478 e. The van der Waals surface area contributed by atoms with Crippen molar-refractivity contribution in [2.24, 2.45) is 0 Å². The van der Waals surface area contributed by atoms with Gasteiger partial charge in [0.15, 0.2) is 0 Å². The summed E-state index contributed by atoms with van der Waals surface area (Å²) in [5, 5.41) is 11.1. The number of sulfonamides is 1. The Kier molecular flexibility index (Phi) is 3.59. The Labute approximate surface area is 119 Å². The van der Waals surface area contributed by atoms with Crippen molar-refractivity contribution in [3.05, 3.63) is 17.1 Å². The molecular formula is C11H12N2O7S. The fourth-order valence-electron chi connectivity index (χ4n) is 2.13. The number of carboxylic acids is 1. The van der Waals surface area contributed by atoms with Crippen molar-refractivity contribution in [3.63, 3.8) is 0 Å². The van der Waals surface area contributed by atoms with Gasteiger partial charge in [0, 0.05) is 0 Å². The maximum atomic E-state index is 12.5. The summed E-state index contributed by atoms with van der Waals surface area (Å²) in [6.45, 7) is 1.51. The second-order valence-corrected chi connectivity index (χ2v) is 6.34. The van der Waals surface area contributed by atoms with Crippen molar-refractivity contribution >= 4 is 27.8 Å². The topological polar surface area (TPSA) is 134 Å². The van der Waals surface area contributed by atoms with Crippen molar-refractivity contribution in [2.45, 2.75) is 18.7 Å². The Bertz CT molecular complexity index is 731. The van der Waals surface area contributed by atoms with E-state index >= 15 is 0 Å². The van der Waals surface area contributed by atoms with Crippen LogP contribution in [0.3, 0.4) is 0 Å². The number of carboxylic acid groups (broad SMARTS) is 1. The number of hydrogen-bond donors (Lipinski definition) is 2. The van der Waals surface area contributed by atoms with Gasteiger partial charge in [-0.1, -0.05) is 0 Å². The van der Waals surface area contributed by atoms with E-state index in [9.17, 15) is 22.8 Å². The zero-order chi connectivity index (χ0) is 15.9. The third-order valence-corrected chi connectivity index (χ3v) is 4.88. The number of aryl methyl sites for hydroxylation is 2. The molecule has 2 heterocycles. The number of aromatic carboxylic acids is 1. The minimum atomic E-state index is -4.34. The normalized spacial score (nSPS) is 16.9. The molecule has 21 heavy (non-hydrogen) atoms. The van der Waals surface area contributed by atoms with E-state index < -0.39 is 51.4 Å². The first-order valence-corrected chi connectivity index (χ1v) is 7.24. The van der Waals surface area contributed by atoms with Crippen LogP contribution < -0.4 is 5.32 Å². The van der Waals surface area contributed by atoms with E-state index in [0.29, 0.717) is 4.31 Å². The van der Waals surface area contributed by atoms with E-state index in [-0.39, 0.29) is 11.5 Å².